The van der Waals surface area contributed by atoms with Crippen molar-refractivity contribution < 1.29 is 9.72 Å². The molecule has 130 valence electrons. The van der Waals surface area contributed by atoms with E-state index < -0.39 is 4.92 Å². The van der Waals surface area contributed by atoms with Gasteiger partial charge in [-0.05, 0) is 24.1 Å². The number of rotatable bonds is 8. The topological polar surface area (TPSA) is 72.2 Å². The van der Waals surface area contributed by atoms with Crippen LogP contribution in [0, 0.1) is 17.0 Å². The molecular weight excluding hydrogens is 336 g/mol. The summed E-state index contributed by atoms with van der Waals surface area (Å²) in [6.45, 7) is 2.64. The number of carbonyl (C=O) groups excluding carboxylic acids is 1. The van der Waals surface area contributed by atoms with E-state index in [1.165, 1.54) is 29.3 Å². The fourth-order valence-corrected chi connectivity index (χ4v) is 2.91. The number of aryl methyl sites for hydroxylation is 1. The van der Waals surface area contributed by atoms with E-state index in [-0.39, 0.29) is 11.6 Å². The Kier molecular flexibility index (Phi) is 7.22. The van der Waals surface area contributed by atoms with Crippen molar-refractivity contribution in [1.29, 1.82) is 0 Å². The molecule has 25 heavy (non-hydrogen) atoms. The van der Waals surface area contributed by atoms with E-state index in [0.717, 1.165) is 11.5 Å². The third kappa shape index (κ3) is 6.81. The van der Waals surface area contributed by atoms with Crippen molar-refractivity contribution in [3.8, 4) is 0 Å². The number of thioether (sulfide) groups is 1. The predicted octanol–water partition coefficient (Wildman–Crippen LogP) is 3.97. The lowest BCUT2D eigenvalue weighted by Gasteiger charge is -2.04. The van der Waals surface area contributed by atoms with Gasteiger partial charge in [-0.2, -0.15) is 11.8 Å². The van der Waals surface area contributed by atoms with Gasteiger partial charge in [-0.15, -0.1) is 0 Å². The van der Waals surface area contributed by atoms with Gasteiger partial charge in [0, 0.05) is 36.3 Å². The molecule has 0 radical (unpaired) electrons. The summed E-state index contributed by atoms with van der Waals surface area (Å²) < 4.78 is 0. The lowest BCUT2D eigenvalue weighted by Crippen LogP contribution is -2.23. The first kappa shape index (κ1) is 18.7. The normalized spacial score (nSPS) is 10.8. The Morgan fingerprint density at radius 1 is 1.24 bits per heavy atom. The quantitative estimate of drug-likeness (QED) is 0.336. The number of nitrogens with zero attached hydrogens (tertiary/aromatic N) is 1. The zero-order chi connectivity index (χ0) is 18.1. The summed E-state index contributed by atoms with van der Waals surface area (Å²) in [4.78, 5) is 22.0. The second-order valence-corrected chi connectivity index (χ2v) is 6.62. The molecular formula is C19H20N2O3S. The van der Waals surface area contributed by atoms with Crippen LogP contribution in [0.15, 0.2) is 54.6 Å². The van der Waals surface area contributed by atoms with E-state index in [1.807, 2.05) is 0 Å². The molecule has 0 unspecified atom stereocenters. The van der Waals surface area contributed by atoms with Crippen LogP contribution in [0.1, 0.15) is 16.7 Å². The van der Waals surface area contributed by atoms with Gasteiger partial charge in [0.25, 0.3) is 5.69 Å². The Hall–Kier alpha value is -2.60. The summed E-state index contributed by atoms with van der Waals surface area (Å²) in [7, 11) is 0. The van der Waals surface area contributed by atoms with Gasteiger partial charge in [0.05, 0.1) is 4.92 Å². The van der Waals surface area contributed by atoms with Crippen LogP contribution in [0.25, 0.3) is 6.08 Å². The van der Waals surface area contributed by atoms with Crippen molar-refractivity contribution in [3.63, 3.8) is 0 Å². The van der Waals surface area contributed by atoms with Gasteiger partial charge in [-0.3, -0.25) is 14.9 Å². The SMILES string of the molecule is Cc1ccc(CSCCNC(=O)/C=C/c2cccc([N+](=O)[O-])c2)cc1. The van der Waals surface area contributed by atoms with Crippen LogP contribution >= 0.6 is 11.8 Å². The molecule has 0 aliphatic carbocycles. The molecule has 0 aliphatic rings. The highest BCUT2D eigenvalue weighted by molar-refractivity contribution is 7.98. The molecule has 0 saturated carbocycles. The largest absolute Gasteiger partial charge is 0.352 e. The number of nitro groups is 1. The smallest absolute Gasteiger partial charge is 0.270 e. The minimum absolute atomic E-state index is 0.00932. The summed E-state index contributed by atoms with van der Waals surface area (Å²) >= 11 is 1.76. The molecule has 0 heterocycles. The van der Waals surface area contributed by atoms with Crippen LogP contribution < -0.4 is 5.32 Å². The minimum Gasteiger partial charge on any atom is -0.352 e. The van der Waals surface area contributed by atoms with Crippen LogP contribution in [0.3, 0.4) is 0 Å². The maximum absolute atomic E-state index is 11.8. The van der Waals surface area contributed by atoms with Crippen molar-refractivity contribution in [2.24, 2.45) is 0 Å². The lowest BCUT2D eigenvalue weighted by molar-refractivity contribution is -0.384. The zero-order valence-corrected chi connectivity index (χ0v) is 14.8. The van der Waals surface area contributed by atoms with Crippen LogP contribution in [-0.4, -0.2) is 23.1 Å². The standard InChI is InChI=1S/C19H20N2O3S/c1-15-5-7-17(8-6-15)14-25-12-11-20-19(22)10-9-16-3-2-4-18(13-16)21(23)24/h2-10,13H,11-12,14H2,1H3,(H,20,22)/b10-9+. The first-order chi connectivity index (χ1) is 12.0. The number of hydrogen-bond donors (Lipinski definition) is 1. The Morgan fingerprint density at radius 3 is 2.72 bits per heavy atom. The molecule has 0 aliphatic heterocycles. The fourth-order valence-electron chi connectivity index (χ4n) is 2.09. The number of benzene rings is 2. The summed E-state index contributed by atoms with van der Waals surface area (Å²) in [5.41, 5.74) is 3.15. The van der Waals surface area contributed by atoms with Gasteiger partial charge in [0.2, 0.25) is 5.91 Å². The van der Waals surface area contributed by atoms with E-state index in [9.17, 15) is 14.9 Å². The predicted molar refractivity (Wildman–Crippen MR) is 102 cm³/mol. The third-order valence-electron chi connectivity index (χ3n) is 3.44. The van der Waals surface area contributed by atoms with Crippen molar-refractivity contribution in [2.45, 2.75) is 12.7 Å². The van der Waals surface area contributed by atoms with Gasteiger partial charge < -0.3 is 5.32 Å². The van der Waals surface area contributed by atoms with E-state index in [1.54, 1.807) is 30.0 Å². The second-order valence-electron chi connectivity index (χ2n) is 5.51. The maximum atomic E-state index is 11.8. The Balaban J connectivity index is 1.69. The van der Waals surface area contributed by atoms with Crippen molar-refractivity contribution in [2.75, 3.05) is 12.3 Å². The van der Waals surface area contributed by atoms with Gasteiger partial charge in [0.15, 0.2) is 0 Å². The molecule has 0 fully saturated rings. The minimum atomic E-state index is -0.456. The summed E-state index contributed by atoms with van der Waals surface area (Å²) in [5, 5.41) is 13.5. The van der Waals surface area contributed by atoms with Gasteiger partial charge in [0.1, 0.15) is 0 Å². The van der Waals surface area contributed by atoms with Gasteiger partial charge in [-0.25, -0.2) is 0 Å². The number of hydrogen-bond acceptors (Lipinski definition) is 4. The Morgan fingerprint density at radius 2 is 2.00 bits per heavy atom. The molecule has 2 rings (SSSR count). The molecule has 0 spiro atoms. The van der Waals surface area contributed by atoms with Crippen molar-refractivity contribution in [3.05, 3.63) is 81.4 Å². The molecule has 1 N–H and O–H groups in total. The third-order valence-corrected chi connectivity index (χ3v) is 4.47. The molecule has 0 saturated heterocycles. The van der Waals surface area contributed by atoms with Crippen molar-refractivity contribution >= 4 is 29.4 Å². The molecule has 2 aromatic carbocycles. The van der Waals surface area contributed by atoms with Crippen LogP contribution in [0.5, 0.6) is 0 Å². The number of amides is 1. The molecule has 6 heteroatoms. The van der Waals surface area contributed by atoms with Crippen LogP contribution in [-0.2, 0) is 10.5 Å². The van der Waals surface area contributed by atoms with Crippen LogP contribution in [0.2, 0.25) is 0 Å². The van der Waals surface area contributed by atoms with Crippen LogP contribution in [0.4, 0.5) is 5.69 Å². The zero-order valence-electron chi connectivity index (χ0n) is 14.0. The number of nitrogens with one attached hydrogen (secondary N) is 1. The average Bonchev–Trinajstić information content (AvgIpc) is 2.61. The fraction of sp³-hybridized carbons (Fsp3) is 0.211. The van der Waals surface area contributed by atoms with Gasteiger partial charge in [-0.1, -0.05) is 42.0 Å². The Bertz CT molecular complexity index is 758. The molecule has 0 bridgehead atoms. The highest BCUT2D eigenvalue weighted by atomic mass is 32.2. The first-order valence-corrected chi connectivity index (χ1v) is 9.04. The lowest BCUT2D eigenvalue weighted by atomic mass is 10.2. The van der Waals surface area contributed by atoms with E-state index in [4.69, 9.17) is 0 Å². The highest BCUT2D eigenvalue weighted by Gasteiger charge is 2.04. The summed E-state index contributed by atoms with van der Waals surface area (Å²) in [6.07, 6.45) is 2.96. The monoisotopic (exact) mass is 356 g/mol. The average molecular weight is 356 g/mol. The van der Waals surface area contributed by atoms with E-state index in [2.05, 4.69) is 36.5 Å². The number of carbonyl (C=O) groups is 1. The van der Waals surface area contributed by atoms with Gasteiger partial charge >= 0.3 is 0 Å². The molecule has 0 atom stereocenters. The number of nitro benzene ring substituents is 1. The second kappa shape index (κ2) is 9.64. The van der Waals surface area contributed by atoms with E-state index >= 15 is 0 Å². The summed E-state index contributed by atoms with van der Waals surface area (Å²) in [6, 6.07) is 14.6. The highest BCUT2D eigenvalue weighted by Crippen LogP contribution is 2.14. The first-order valence-electron chi connectivity index (χ1n) is 7.88. The maximum Gasteiger partial charge on any atom is 0.270 e. The number of non-ortho nitro benzene ring substituents is 1. The molecule has 2 aromatic rings. The summed E-state index contributed by atoms with van der Waals surface area (Å²) in [5.74, 6) is 1.53. The molecule has 1 amide bonds. The van der Waals surface area contributed by atoms with Crippen molar-refractivity contribution in [1.82, 2.24) is 5.32 Å². The Labute approximate surface area is 151 Å². The van der Waals surface area contributed by atoms with E-state index in [0.29, 0.717) is 12.1 Å². The molecule has 0 aromatic heterocycles. The molecule has 5 nitrogen and oxygen atoms in total.